The van der Waals surface area contributed by atoms with E-state index in [1.54, 1.807) is 6.07 Å². The van der Waals surface area contributed by atoms with Gasteiger partial charge in [0, 0.05) is 30.1 Å². The highest BCUT2D eigenvalue weighted by atomic mass is 16.4. The van der Waals surface area contributed by atoms with Crippen molar-refractivity contribution in [2.24, 2.45) is 0 Å². The van der Waals surface area contributed by atoms with Gasteiger partial charge in [0.1, 0.15) is 11.3 Å². The summed E-state index contributed by atoms with van der Waals surface area (Å²) in [5.41, 5.74) is 4.33. The number of hydrogen-bond donors (Lipinski definition) is 2. The van der Waals surface area contributed by atoms with Crippen LogP contribution < -0.4 is 10.9 Å². The lowest BCUT2D eigenvalue weighted by Gasteiger charge is -2.32. The molecule has 0 radical (unpaired) electrons. The Kier molecular flexibility index (Phi) is 5.79. The number of likely N-dealkylation sites (tertiary alicyclic amines) is 1. The first kappa shape index (κ1) is 20.3. The number of phenolic OH excluding ortho intramolecular Hbond substituents is 1. The van der Waals surface area contributed by atoms with Crippen LogP contribution in [0.15, 0.2) is 51.7 Å². The van der Waals surface area contributed by atoms with E-state index in [1.165, 1.54) is 5.56 Å². The average molecular weight is 419 g/mol. The lowest BCUT2D eigenvalue weighted by Crippen LogP contribution is -2.41. The van der Waals surface area contributed by atoms with Crippen molar-refractivity contribution in [3.63, 3.8) is 0 Å². The number of piperidine rings is 1. The zero-order chi connectivity index (χ0) is 21.2. The van der Waals surface area contributed by atoms with E-state index in [2.05, 4.69) is 40.5 Å². The fourth-order valence-corrected chi connectivity index (χ4v) is 5.11. The third kappa shape index (κ3) is 4.25. The van der Waals surface area contributed by atoms with Crippen molar-refractivity contribution in [2.75, 3.05) is 13.1 Å². The minimum atomic E-state index is -0.233. The lowest BCUT2D eigenvalue weighted by molar-refractivity contribution is 0.190. The number of rotatable bonds is 5. The Hall–Kier alpha value is -2.63. The van der Waals surface area contributed by atoms with Gasteiger partial charge >= 0.3 is 5.63 Å². The van der Waals surface area contributed by atoms with Crippen molar-refractivity contribution in [1.82, 2.24) is 10.2 Å². The maximum Gasteiger partial charge on any atom is 0.339 e. The first-order chi connectivity index (χ1) is 15.2. The van der Waals surface area contributed by atoms with Crippen molar-refractivity contribution >= 4 is 11.0 Å². The third-order valence-corrected chi connectivity index (χ3v) is 6.87. The summed E-state index contributed by atoms with van der Waals surface area (Å²) in [6.45, 7) is 3.61. The van der Waals surface area contributed by atoms with Gasteiger partial charge in [0.15, 0.2) is 0 Å². The summed E-state index contributed by atoms with van der Waals surface area (Å²) in [5.74, 6) is 0.195. The van der Waals surface area contributed by atoms with Crippen molar-refractivity contribution in [2.45, 2.75) is 57.7 Å². The molecular weight excluding hydrogens is 388 g/mol. The van der Waals surface area contributed by atoms with Gasteiger partial charge in [0.05, 0.1) is 5.56 Å². The zero-order valence-corrected chi connectivity index (χ0v) is 17.9. The number of benzene rings is 2. The zero-order valence-electron chi connectivity index (χ0n) is 17.9. The standard InChI is InChI=1S/C26H30N2O3/c29-24-11-10-21-20-8-4-5-9-22(20)26(30)31-25(21)23(24)16-27-19-12-14-28(15-13-19)17-18-6-2-1-3-7-18/h1-3,6-7,10-11,19,27,29H,4-5,8-9,12-17H2. The molecule has 5 nitrogen and oxygen atoms in total. The SMILES string of the molecule is O=c1oc2c(CNC3CCN(Cc4ccccc4)CC3)c(O)ccc2c2c1CCCC2. The number of phenols is 1. The Morgan fingerprint density at radius 1 is 1.00 bits per heavy atom. The number of aryl methyl sites for hydroxylation is 1. The van der Waals surface area contributed by atoms with Crippen LogP contribution in [0.25, 0.3) is 11.0 Å². The number of fused-ring (bicyclic) bond motifs is 3. The third-order valence-electron chi connectivity index (χ3n) is 6.87. The van der Waals surface area contributed by atoms with Crippen molar-refractivity contribution < 1.29 is 9.52 Å². The van der Waals surface area contributed by atoms with E-state index >= 15 is 0 Å². The molecule has 1 saturated heterocycles. The molecule has 2 aromatic carbocycles. The molecule has 5 rings (SSSR count). The minimum Gasteiger partial charge on any atom is -0.507 e. The molecule has 0 bridgehead atoms. The maximum absolute atomic E-state index is 12.6. The molecule has 0 spiro atoms. The van der Waals surface area contributed by atoms with Crippen LogP contribution in [0.3, 0.4) is 0 Å². The predicted octanol–water partition coefficient (Wildman–Crippen LogP) is 4.13. The summed E-state index contributed by atoms with van der Waals surface area (Å²) < 4.78 is 5.73. The molecule has 2 aliphatic rings. The van der Waals surface area contributed by atoms with Gasteiger partial charge in [0.25, 0.3) is 0 Å². The van der Waals surface area contributed by atoms with E-state index in [9.17, 15) is 9.90 Å². The van der Waals surface area contributed by atoms with E-state index in [0.29, 0.717) is 23.7 Å². The maximum atomic E-state index is 12.6. The topological polar surface area (TPSA) is 65.7 Å². The second-order valence-corrected chi connectivity index (χ2v) is 8.91. The second-order valence-electron chi connectivity index (χ2n) is 8.91. The number of nitrogens with one attached hydrogen (secondary N) is 1. The Morgan fingerprint density at radius 3 is 2.52 bits per heavy atom. The number of nitrogens with zero attached hydrogens (tertiary/aromatic N) is 1. The first-order valence-electron chi connectivity index (χ1n) is 11.5. The molecule has 1 aliphatic heterocycles. The van der Waals surface area contributed by atoms with Gasteiger partial charge < -0.3 is 14.8 Å². The summed E-state index contributed by atoms with van der Waals surface area (Å²) in [6, 6.07) is 14.7. The van der Waals surface area contributed by atoms with E-state index in [0.717, 1.165) is 74.7 Å². The van der Waals surface area contributed by atoms with Gasteiger partial charge in [-0.15, -0.1) is 0 Å². The van der Waals surface area contributed by atoms with E-state index in [1.807, 2.05) is 6.07 Å². The highest BCUT2D eigenvalue weighted by Crippen LogP contribution is 2.32. The summed E-state index contributed by atoms with van der Waals surface area (Å²) in [7, 11) is 0. The molecule has 162 valence electrons. The molecule has 3 aromatic rings. The molecular formula is C26H30N2O3. The van der Waals surface area contributed by atoms with Crippen LogP contribution in [-0.4, -0.2) is 29.1 Å². The van der Waals surface area contributed by atoms with Crippen LogP contribution in [0.1, 0.15) is 47.9 Å². The smallest absolute Gasteiger partial charge is 0.339 e. The Balaban J connectivity index is 1.28. The van der Waals surface area contributed by atoms with Crippen molar-refractivity contribution in [1.29, 1.82) is 0 Å². The highest BCUT2D eigenvalue weighted by Gasteiger charge is 2.23. The second kappa shape index (κ2) is 8.85. The molecule has 0 amide bonds. The molecule has 2 N–H and O–H groups in total. The molecule has 1 aliphatic carbocycles. The molecule has 2 heterocycles. The van der Waals surface area contributed by atoms with Gasteiger partial charge in [0.2, 0.25) is 0 Å². The molecule has 1 aromatic heterocycles. The van der Waals surface area contributed by atoms with Crippen LogP contribution >= 0.6 is 0 Å². The summed E-state index contributed by atoms with van der Waals surface area (Å²) in [6.07, 6.45) is 5.98. The van der Waals surface area contributed by atoms with Crippen molar-refractivity contribution in [3.8, 4) is 5.75 Å². The van der Waals surface area contributed by atoms with Gasteiger partial charge in [-0.25, -0.2) is 4.79 Å². The van der Waals surface area contributed by atoms with E-state index in [4.69, 9.17) is 4.42 Å². The Labute approximate surface area is 182 Å². The van der Waals surface area contributed by atoms with Crippen LogP contribution in [0.4, 0.5) is 0 Å². The molecule has 0 atom stereocenters. The summed E-state index contributed by atoms with van der Waals surface area (Å²) >= 11 is 0. The number of aromatic hydroxyl groups is 1. The van der Waals surface area contributed by atoms with Gasteiger partial charge in [-0.05, 0) is 74.9 Å². The monoisotopic (exact) mass is 418 g/mol. The molecule has 0 unspecified atom stereocenters. The molecule has 0 saturated carbocycles. The van der Waals surface area contributed by atoms with Crippen LogP contribution in [0.2, 0.25) is 0 Å². The van der Waals surface area contributed by atoms with Crippen LogP contribution in [0, 0.1) is 0 Å². The molecule has 31 heavy (non-hydrogen) atoms. The van der Waals surface area contributed by atoms with E-state index < -0.39 is 0 Å². The van der Waals surface area contributed by atoms with Crippen molar-refractivity contribution in [3.05, 3.63) is 75.1 Å². The van der Waals surface area contributed by atoms with Gasteiger partial charge in [-0.1, -0.05) is 30.3 Å². The minimum absolute atomic E-state index is 0.195. The normalized spacial score (nSPS) is 17.7. The molecule has 1 fully saturated rings. The number of hydrogen-bond acceptors (Lipinski definition) is 5. The predicted molar refractivity (Wildman–Crippen MR) is 122 cm³/mol. The summed E-state index contributed by atoms with van der Waals surface area (Å²) in [4.78, 5) is 15.1. The Bertz CT molecular complexity index is 1110. The summed E-state index contributed by atoms with van der Waals surface area (Å²) in [5, 5.41) is 15.1. The molecule has 5 heteroatoms. The fraction of sp³-hybridized carbons (Fsp3) is 0.423. The van der Waals surface area contributed by atoms with E-state index in [-0.39, 0.29) is 11.4 Å². The van der Waals surface area contributed by atoms with Crippen LogP contribution in [-0.2, 0) is 25.9 Å². The largest absolute Gasteiger partial charge is 0.507 e. The quantitative estimate of drug-likeness (QED) is 0.610. The van der Waals surface area contributed by atoms with Crippen LogP contribution in [0.5, 0.6) is 5.75 Å². The highest BCUT2D eigenvalue weighted by molar-refractivity contribution is 5.86. The van der Waals surface area contributed by atoms with Gasteiger partial charge in [-0.2, -0.15) is 0 Å². The fourth-order valence-electron chi connectivity index (χ4n) is 5.11. The average Bonchev–Trinajstić information content (AvgIpc) is 2.80. The lowest BCUT2D eigenvalue weighted by atomic mass is 9.90. The first-order valence-corrected chi connectivity index (χ1v) is 11.5. The Morgan fingerprint density at radius 2 is 1.74 bits per heavy atom. The van der Waals surface area contributed by atoms with Gasteiger partial charge in [-0.3, -0.25) is 4.90 Å².